The number of nitrogen functional groups attached to an aromatic ring is 2. The molecule has 160 valence electrons. The second kappa shape index (κ2) is 9.97. The molecule has 0 saturated carbocycles. The number of phenols is 1. The second-order valence-corrected chi connectivity index (χ2v) is 10.1. The summed E-state index contributed by atoms with van der Waals surface area (Å²) in [5.41, 5.74) is 12.8. The highest BCUT2D eigenvalue weighted by atomic mass is 33.1. The van der Waals surface area contributed by atoms with Crippen molar-refractivity contribution in [2.24, 2.45) is 0 Å². The van der Waals surface area contributed by atoms with Crippen LogP contribution in [-0.2, 0) is 10.1 Å². The van der Waals surface area contributed by atoms with Gasteiger partial charge < -0.3 is 16.6 Å². The average Bonchev–Trinajstić information content (AvgIpc) is 2.74. The Balaban J connectivity index is 0.000000176. The summed E-state index contributed by atoms with van der Waals surface area (Å²) in [4.78, 5) is 2.18. The molecule has 0 radical (unpaired) electrons. The molecule has 31 heavy (non-hydrogen) atoms. The monoisotopic (exact) mass is 472 g/mol. The van der Waals surface area contributed by atoms with Crippen LogP contribution in [0.2, 0.25) is 0 Å². The Kier molecular flexibility index (Phi) is 7.34. The number of fused-ring (bicyclic) bond motifs is 1. The van der Waals surface area contributed by atoms with E-state index in [1.54, 1.807) is 39.8 Å². The van der Waals surface area contributed by atoms with Crippen LogP contribution in [0.15, 0.2) is 99.6 Å². The zero-order valence-electron chi connectivity index (χ0n) is 16.2. The lowest BCUT2D eigenvalue weighted by atomic mass is 10.1. The summed E-state index contributed by atoms with van der Waals surface area (Å²) >= 11 is 0. The molecule has 4 aromatic rings. The quantitative estimate of drug-likeness (QED) is 0.176. The largest absolute Gasteiger partial charge is 0.507 e. The molecule has 0 fully saturated rings. The van der Waals surface area contributed by atoms with Gasteiger partial charge in [0, 0.05) is 31.9 Å². The maximum absolute atomic E-state index is 11.0. The lowest BCUT2D eigenvalue weighted by molar-refractivity contribution is 0.479. The number of rotatable bonds is 4. The van der Waals surface area contributed by atoms with Crippen LogP contribution in [0.25, 0.3) is 10.8 Å². The number of nitrogens with two attached hydrogens (primary N) is 2. The van der Waals surface area contributed by atoms with Gasteiger partial charge >= 0.3 is 0 Å². The lowest BCUT2D eigenvalue weighted by Gasteiger charge is -2.04. The van der Waals surface area contributed by atoms with Gasteiger partial charge in [-0.1, -0.05) is 45.9 Å². The molecule has 0 unspecified atom stereocenters. The van der Waals surface area contributed by atoms with Gasteiger partial charge in [-0.2, -0.15) is 8.42 Å². The zero-order valence-corrected chi connectivity index (χ0v) is 18.6. The van der Waals surface area contributed by atoms with Crippen molar-refractivity contribution >= 4 is 53.9 Å². The van der Waals surface area contributed by atoms with Crippen molar-refractivity contribution in [2.45, 2.75) is 14.7 Å². The van der Waals surface area contributed by atoms with E-state index >= 15 is 0 Å². The summed E-state index contributed by atoms with van der Waals surface area (Å²) in [6.45, 7) is 0. The fourth-order valence-electron chi connectivity index (χ4n) is 2.62. The fourth-order valence-corrected chi connectivity index (χ4v) is 5.25. The average molecular weight is 473 g/mol. The van der Waals surface area contributed by atoms with Gasteiger partial charge in [0.2, 0.25) is 0 Å². The van der Waals surface area contributed by atoms with E-state index in [4.69, 9.17) is 16.0 Å². The maximum Gasteiger partial charge on any atom is 0.295 e. The number of hydrogen-bond acceptors (Lipinski definition) is 7. The third-order valence-electron chi connectivity index (χ3n) is 4.13. The summed E-state index contributed by atoms with van der Waals surface area (Å²) in [5.74, 6) is -0.0157. The Hall–Kier alpha value is -2.85. The molecule has 0 heterocycles. The smallest absolute Gasteiger partial charge is 0.295 e. The van der Waals surface area contributed by atoms with Gasteiger partial charge in [-0.3, -0.25) is 4.55 Å². The lowest BCUT2D eigenvalue weighted by Crippen LogP contribution is -1.98. The van der Waals surface area contributed by atoms with E-state index in [9.17, 15) is 13.5 Å². The minimum atomic E-state index is -4.26. The van der Waals surface area contributed by atoms with E-state index < -0.39 is 10.1 Å². The minimum absolute atomic E-state index is 0.0157. The van der Waals surface area contributed by atoms with E-state index in [1.807, 2.05) is 48.5 Å². The first-order chi connectivity index (χ1) is 14.7. The van der Waals surface area contributed by atoms with Crippen LogP contribution in [-0.4, -0.2) is 18.1 Å². The highest BCUT2D eigenvalue weighted by Crippen LogP contribution is 2.37. The number of hydrogen-bond donors (Lipinski definition) is 4. The van der Waals surface area contributed by atoms with E-state index in [1.165, 1.54) is 28.0 Å². The molecule has 0 amide bonds. The highest BCUT2D eigenvalue weighted by Gasteiger charge is 2.14. The third-order valence-corrected chi connectivity index (χ3v) is 7.46. The molecule has 0 saturated heterocycles. The van der Waals surface area contributed by atoms with Crippen molar-refractivity contribution in [2.75, 3.05) is 11.5 Å². The number of benzene rings is 4. The molecule has 0 aliphatic heterocycles. The predicted octanol–water partition coefficient (Wildman–Crippen LogP) is 5.44. The van der Waals surface area contributed by atoms with Gasteiger partial charge in [0.25, 0.3) is 10.1 Å². The first kappa shape index (κ1) is 22.8. The molecular formula is C22H20N2O4S3. The van der Waals surface area contributed by atoms with Crippen molar-refractivity contribution in [3.8, 4) is 5.75 Å². The Morgan fingerprint density at radius 2 is 1.10 bits per heavy atom. The standard InChI is InChI=1S/C12H12N2S2.C10H8O4S/c13-9-1-5-11(6-2-9)15-16-12-7-3-10(14)4-8-12;11-9-5-6-10(15(12,13)14)8-4-2-1-3-7(8)9/h1-8H,13-14H2;1-6,11H,(H,12,13,14). The van der Waals surface area contributed by atoms with Crippen molar-refractivity contribution in [3.63, 3.8) is 0 Å². The van der Waals surface area contributed by atoms with Gasteiger partial charge in [0.1, 0.15) is 10.6 Å². The molecule has 0 aliphatic rings. The Morgan fingerprint density at radius 3 is 1.55 bits per heavy atom. The molecule has 0 aliphatic carbocycles. The number of anilines is 2. The van der Waals surface area contributed by atoms with Gasteiger partial charge in [0.05, 0.1) is 0 Å². The molecular weight excluding hydrogens is 452 g/mol. The van der Waals surface area contributed by atoms with E-state index in [0.29, 0.717) is 10.8 Å². The van der Waals surface area contributed by atoms with Crippen LogP contribution in [0.1, 0.15) is 0 Å². The van der Waals surface area contributed by atoms with Crippen molar-refractivity contribution in [1.82, 2.24) is 0 Å². The van der Waals surface area contributed by atoms with Gasteiger partial charge in [-0.05, 0) is 60.7 Å². The molecule has 4 rings (SSSR count). The van der Waals surface area contributed by atoms with E-state index in [2.05, 4.69) is 0 Å². The molecule has 6 N–H and O–H groups in total. The van der Waals surface area contributed by atoms with Crippen LogP contribution >= 0.6 is 21.6 Å². The molecule has 0 atom stereocenters. The van der Waals surface area contributed by atoms with Gasteiger partial charge in [-0.15, -0.1) is 0 Å². The summed E-state index contributed by atoms with van der Waals surface area (Å²) in [5, 5.41) is 10.2. The number of phenolic OH excluding ortho intramolecular Hbond substituents is 1. The molecule has 6 nitrogen and oxygen atoms in total. The molecule has 0 aromatic heterocycles. The van der Waals surface area contributed by atoms with E-state index in [0.717, 1.165) is 11.4 Å². The van der Waals surface area contributed by atoms with Crippen LogP contribution in [0.4, 0.5) is 11.4 Å². The summed E-state index contributed by atoms with van der Waals surface area (Å²) in [6.07, 6.45) is 0. The van der Waals surface area contributed by atoms with Gasteiger partial charge in [-0.25, -0.2) is 0 Å². The van der Waals surface area contributed by atoms with Crippen molar-refractivity contribution in [3.05, 3.63) is 84.9 Å². The van der Waals surface area contributed by atoms with Crippen LogP contribution in [0, 0.1) is 0 Å². The third kappa shape index (κ3) is 6.31. The number of aromatic hydroxyl groups is 1. The van der Waals surface area contributed by atoms with Gasteiger partial charge in [0.15, 0.2) is 0 Å². The Morgan fingerprint density at radius 1 is 0.645 bits per heavy atom. The van der Waals surface area contributed by atoms with Crippen LogP contribution in [0.5, 0.6) is 5.75 Å². The molecule has 0 bridgehead atoms. The summed E-state index contributed by atoms with van der Waals surface area (Å²) in [6, 6.07) is 24.5. The summed E-state index contributed by atoms with van der Waals surface area (Å²) in [7, 11) is -0.841. The van der Waals surface area contributed by atoms with Crippen LogP contribution < -0.4 is 11.5 Å². The first-order valence-corrected chi connectivity index (χ1v) is 12.6. The fraction of sp³-hybridized carbons (Fsp3) is 0. The predicted molar refractivity (Wildman–Crippen MR) is 129 cm³/mol. The SMILES string of the molecule is Nc1ccc(SSc2ccc(N)cc2)cc1.O=S(=O)(O)c1ccc(O)c2ccccc12. The van der Waals surface area contributed by atoms with Crippen molar-refractivity contribution < 1.29 is 18.1 Å². The molecule has 9 heteroatoms. The van der Waals surface area contributed by atoms with Crippen LogP contribution in [0.3, 0.4) is 0 Å². The second-order valence-electron chi connectivity index (χ2n) is 6.41. The molecule has 4 aromatic carbocycles. The maximum atomic E-state index is 11.0. The van der Waals surface area contributed by atoms with Crippen molar-refractivity contribution in [1.29, 1.82) is 0 Å². The Bertz CT molecular complexity index is 1230. The Labute approximate surface area is 188 Å². The zero-order chi connectivity index (χ0) is 22.4. The van der Waals surface area contributed by atoms with E-state index in [-0.39, 0.29) is 10.6 Å². The first-order valence-electron chi connectivity index (χ1n) is 8.98. The summed E-state index contributed by atoms with van der Waals surface area (Å²) < 4.78 is 31.0. The normalized spacial score (nSPS) is 11.0. The molecule has 0 spiro atoms. The topological polar surface area (TPSA) is 127 Å². The highest BCUT2D eigenvalue weighted by molar-refractivity contribution is 8.76. The minimum Gasteiger partial charge on any atom is -0.507 e.